The first-order valence-electron chi connectivity index (χ1n) is 12.8. The first-order chi connectivity index (χ1) is 16.5. The molecule has 2 aliphatic rings. The molecule has 0 amide bonds. The van der Waals surface area contributed by atoms with Crippen molar-refractivity contribution in [2.75, 3.05) is 37.6 Å². The topological polar surface area (TPSA) is 39.9 Å². The fourth-order valence-corrected chi connectivity index (χ4v) is 6.63. The molecule has 5 rings (SSSR count). The molecule has 0 unspecified atom stereocenters. The molecule has 0 aliphatic carbocycles. The van der Waals surface area contributed by atoms with Gasteiger partial charge in [-0.25, -0.2) is 4.98 Å². The Bertz CT molecular complexity index is 1130. The Morgan fingerprint density at radius 3 is 2.41 bits per heavy atom. The predicted octanol–water partition coefficient (Wildman–Crippen LogP) is 5.62. The van der Waals surface area contributed by atoms with Gasteiger partial charge in [0.1, 0.15) is 16.1 Å². The van der Waals surface area contributed by atoms with Crippen LogP contribution < -0.4 is 4.90 Å². The van der Waals surface area contributed by atoms with Crippen LogP contribution in [0.3, 0.4) is 0 Å². The SMILES string of the molecule is CCN1[C@@H](c2nc3cccc(N4CCN(C(C)C)CC4)n3c2Br)CCC[C@H]1c1ncccc1C. The summed E-state index contributed by atoms with van der Waals surface area (Å²) in [6, 6.07) is 12.0. The molecule has 6 nitrogen and oxygen atoms in total. The van der Waals surface area contributed by atoms with Crippen molar-refractivity contribution in [3.63, 3.8) is 0 Å². The molecule has 5 heterocycles. The summed E-state index contributed by atoms with van der Waals surface area (Å²) in [4.78, 5) is 17.7. The van der Waals surface area contributed by atoms with E-state index in [0.29, 0.717) is 12.1 Å². The Labute approximate surface area is 212 Å². The number of halogens is 1. The smallest absolute Gasteiger partial charge is 0.139 e. The molecule has 2 atom stereocenters. The highest BCUT2D eigenvalue weighted by molar-refractivity contribution is 9.10. The largest absolute Gasteiger partial charge is 0.355 e. The second-order valence-electron chi connectivity index (χ2n) is 9.98. The van der Waals surface area contributed by atoms with Crippen LogP contribution in [0.15, 0.2) is 41.1 Å². The van der Waals surface area contributed by atoms with E-state index >= 15 is 0 Å². The number of pyridine rings is 2. The van der Waals surface area contributed by atoms with Crippen molar-refractivity contribution in [3.05, 3.63) is 58.1 Å². The van der Waals surface area contributed by atoms with E-state index in [4.69, 9.17) is 9.97 Å². The van der Waals surface area contributed by atoms with Crippen LogP contribution in [0.2, 0.25) is 0 Å². The summed E-state index contributed by atoms with van der Waals surface area (Å²) in [5, 5.41) is 0. The van der Waals surface area contributed by atoms with Gasteiger partial charge >= 0.3 is 0 Å². The Balaban J connectivity index is 1.49. The van der Waals surface area contributed by atoms with Gasteiger partial charge in [0.25, 0.3) is 0 Å². The molecule has 7 heteroatoms. The van der Waals surface area contributed by atoms with E-state index in [2.05, 4.69) is 87.0 Å². The maximum Gasteiger partial charge on any atom is 0.139 e. The second-order valence-corrected chi connectivity index (χ2v) is 10.7. The standard InChI is InChI=1S/C27H37BrN6/c1-5-33-21(25-20(4)9-8-14-29-25)10-6-11-22(33)26-27(28)34-23(30-26)12-7-13-24(34)32-17-15-31(16-18-32)19(2)3/h7-9,12-14,19,21-22H,5-6,10-11,15-18H2,1-4H3/t21-,22+/m0/s1. The van der Waals surface area contributed by atoms with Crippen molar-refractivity contribution in [1.82, 2.24) is 24.2 Å². The number of rotatable bonds is 5. The Kier molecular flexibility index (Phi) is 6.96. The Hall–Kier alpha value is -1.96. The highest BCUT2D eigenvalue weighted by atomic mass is 79.9. The molecule has 0 aromatic carbocycles. The molecule has 0 N–H and O–H groups in total. The minimum absolute atomic E-state index is 0.282. The summed E-state index contributed by atoms with van der Waals surface area (Å²) in [6.45, 7) is 14.3. The van der Waals surface area contributed by atoms with E-state index in [1.165, 1.54) is 23.5 Å². The molecule has 2 saturated heterocycles. The zero-order valence-electron chi connectivity index (χ0n) is 20.9. The van der Waals surface area contributed by atoms with Crippen molar-refractivity contribution in [2.45, 2.75) is 65.1 Å². The number of anilines is 1. The van der Waals surface area contributed by atoms with E-state index in [1.54, 1.807) is 0 Å². The molecule has 0 spiro atoms. The lowest BCUT2D eigenvalue weighted by Crippen LogP contribution is -2.49. The number of aromatic nitrogens is 3. The number of hydrogen-bond donors (Lipinski definition) is 0. The maximum absolute atomic E-state index is 5.20. The van der Waals surface area contributed by atoms with E-state index in [1.807, 2.05) is 12.3 Å². The summed E-state index contributed by atoms with van der Waals surface area (Å²) in [5.41, 5.74) is 4.69. The number of nitrogens with zero attached hydrogens (tertiary/aromatic N) is 6. The van der Waals surface area contributed by atoms with Gasteiger partial charge in [-0.1, -0.05) is 19.1 Å². The molecule has 2 aliphatic heterocycles. The van der Waals surface area contributed by atoms with E-state index in [9.17, 15) is 0 Å². The third-order valence-corrected chi connectivity index (χ3v) is 8.52. The van der Waals surface area contributed by atoms with Gasteiger partial charge in [0, 0.05) is 38.4 Å². The second kappa shape index (κ2) is 9.96. The lowest BCUT2D eigenvalue weighted by Gasteiger charge is -2.41. The van der Waals surface area contributed by atoms with Crippen LogP contribution in [-0.4, -0.2) is 62.9 Å². The number of likely N-dealkylation sites (tertiary alicyclic amines) is 1. The number of imidazole rings is 1. The summed E-state index contributed by atoms with van der Waals surface area (Å²) in [6.07, 6.45) is 5.40. The van der Waals surface area contributed by atoms with Crippen molar-refractivity contribution in [3.8, 4) is 0 Å². The molecule has 0 saturated carbocycles. The van der Waals surface area contributed by atoms with Crippen LogP contribution in [0.25, 0.3) is 5.65 Å². The average molecular weight is 526 g/mol. The first kappa shape index (κ1) is 23.8. The van der Waals surface area contributed by atoms with Gasteiger partial charge < -0.3 is 4.90 Å². The van der Waals surface area contributed by atoms with Crippen LogP contribution in [0.5, 0.6) is 0 Å². The normalized spacial score (nSPS) is 22.7. The van der Waals surface area contributed by atoms with E-state index in [0.717, 1.165) is 61.5 Å². The molecule has 3 aromatic rings. The zero-order valence-corrected chi connectivity index (χ0v) is 22.5. The van der Waals surface area contributed by atoms with Crippen molar-refractivity contribution < 1.29 is 0 Å². The van der Waals surface area contributed by atoms with Crippen LogP contribution >= 0.6 is 15.9 Å². The van der Waals surface area contributed by atoms with Gasteiger partial charge in [-0.3, -0.25) is 19.2 Å². The highest BCUT2D eigenvalue weighted by Crippen LogP contribution is 2.43. The molecule has 2 fully saturated rings. The van der Waals surface area contributed by atoms with Gasteiger partial charge in [-0.15, -0.1) is 0 Å². The van der Waals surface area contributed by atoms with Gasteiger partial charge in [0.2, 0.25) is 0 Å². The van der Waals surface area contributed by atoms with Crippen molar-refractivity contribution in [1.29, 1.82) is 0 Å². The van der Waals surface area contributed by atoms with Crippen LogP contribution in [-0.2, 0) is 0 Å². The number of piperidine rings is 1. The number of hydrogen-bond acceptors (Lipinski definition) is 5. The van der Waals surface area contributed by atoms with Crippen LogP contribution in [0.4, 0.5) is 5.82 Å². The monoisotopic (exact) mass is 524 g/mol. The number of fused-ring (bicyclic) bond motifs is 1. The Morgan fingerprint density at radius 1 is 1.00 bits per heavy atom. The van der Waals surface area contributed by atoms with Gasteiger partial charge in [-0.05, 0) is 86.3 Å². The van der Waals surface area contributed by atoms with Crippen molar-refractivity contribution in [2.24, 2.45) is 0 Å². The molecule has 0 radical (unpaired) electrons. The van der Waals surface area contributed by atoms with Crippen LogP contribution in [0, 0.1) is 6.92 Å². The number of aryl methyl sites for hydroxylation is 1. The third kappa shape index (κ3) is 4.27. The molecule has 3 aromatic heterocycles. The summed E-state index contributed by atoms with van der Waals surface area (Å²) in [7, 11) is 0. The lowest BCUT2D eigenvalue weighted by atomic mass is 9.90. The number of piperazine rings is 1. The summed E-state index contributed by atoms with van der Waals surface area (Å²) in [5.74, 6) is 1.24. The Morgan fingerprint density at radius 2 is 1.74 bits per heavy atom. The van der Waals surface area contributed by atoms with Gasteiger partial charge in [-0.2, -0.15) is 0 Å². The van der Waals surface area contributed by atoms with Gasteiger partial charge in [0.15, 0.2) is 0 Å². The molecule has 0 bridgehead atoms. The highest BCUT2D eigenvalue weighted by Gasteiger charge is 2.36. The molecule has 34 heavy (non-hydrogen) atoms. The zero-order chi connectivity index (χ0) is 23.8. The van der Waals surface area contributed by atoms with Crippen molar-refractivity contribution >= 4 is 27.4 Å². The summed E-state index contributed by atoms with van der Waals surface area (Å²) < 4.78 is 3.43. The van der Waals surface area contributed by atoms with E-state index in [-0.39, 0.29) is 6.04 Å². The molecular formula is C27H37BrN6. The van der Waals surface area contributed by atoms with Crippen LogP contribution in [0.1, 0.15) is 69.1 Å². The molecular weight excluding hydrogens is 488 g/mol. The minimum atomic E-state index is 0.282. The average Bonchev–Trinajstić information content (AvgIpc) is 3.20. The third-order valence-electron chi connectivity index (χ3n) is 7.76. The fraction of sp³-hybridized carbons (Fsp3) is 0.556. The molecule has 182 valence electrons. The van der Waals surface area contributed by atoms with Gasteiger partial charge in [0.05, 0.1) is 23.5 Å². The first-order valence-corrected chi connectivity index (χ1v) is 13.6. The summed E-state index contributed by atoms with van der Waals surface area (Å²) >= 11 is 4.01. The maximum atomic E-state index is 5.20. The quantitative estimate of drug-likeness (QED) is 0.433. The van der Waals surface area contributed by atoms with E-state index < -0.39 is 0 Å². The minimum Gasteiger partial charge on any atom is -0.355 e. The predicted molar refractivity (Wildman–Crippen MR) is 143 cm³/mol. The lowest BCUT2D eigenvalue weighted by molar-refractivity contribution is 0.0830. The fourth-order valence-electron chi connectivity index (χ4n) is 5.91.